The van der Waals surface area contributed by atoms with Gasteiger partial charge in [-0.3, -0.25) is 0 Å². The van der Waals surface area contributed by atoms with E-state index < -0.39 is 0 Å². The van der Waals surface area contributed by atoms with Crippen LogP contribution in [0.15, 0.2) is 47.6 Å². The molecule has 0 amide bonds. The van der Waals surface area contributed by atoms with E-state index in [0.717, 1.165) is 29.8 Å². The largest absolute Gasteiger partial charge is 0.341 e. The zero-order valence-electron chi connectivity index (χ0n) is 12.3. The van der Waals surface area contributed by atoms with E-state index in [4.69, 9.17) is 0 Å². The van der Waals surface area contributed by atoms with Crippen LogP contribution in [0.5, 0.6) is 0 Å². The second kappa shape index (κ2) is 6.33. The first-order valence-electron chi connectivity index (χ1n) is 6.94. The molecule has 0 aliphatic rings. The molecule has 0 radical (unpaired) electrons. The normalized spacial score (nSPS) is 10.3. The Bertz CT molecular complexity index is 570. The fourth-order valence-electron chi connectivity index (χ4n) is 2.47. The molecule has 2 aromatic rings. The van der Waals surface area contributed by atoms with Gasteiger partial charge in [-0.15, -0.1) is 4.91 Å². The molecule has 3 heteroatoms. The predicted molar refractivity (Wildman–Crippen MR) is 85.1 cm³/mol. The lowest BCUT2D eigenvalue weighted by Crippen LogP contribution is -2.18. The average Bonchev–Trinajstić information content (AvgIpc) is 2.45. The Kier molecular flexibility index (Phi) is 4.51. The first kappa shape index (κ1) is 14.3. The van der Waals surface area contributed by atoms with Crippen molar-refractivity contribution in [3.8, 4) is 0 Å². The topological polar surface area (TPSA) is 32.7 Å². The summed E-state index contributed by atoms with van der Waals surface area (Å²) in [6, 6.07) is 14.4. The minimum atomic E-state index is 0.554. The average molecular weight is 268 g/mol. The summed E-state index contributed by atoms with van der Waals surface area (Å²) < 4.78 is 0. The van der Waals surface area contributed by atoms with E-state index in [1.807, 2.05) is 44.2 Å². The van der Waals surface area contributed by atoms with Crippen LogP contribution in [0.2, 0.25) is 0 Å². The van der Waals surface area contributed by atoms with Gasteiger partial charge in [-0.1, -0.05) is 25.1 Å². The number of nitroso groups, excluding NO2 is 1. The van der Waals surface area contributed by atoms with E-state index in [0.29, 0.717) is 5.69 Å². The van der Waals surface area contributed by atoms with Crippen LogP contribution in [0.1, 0.15) is 24.5 Å². The third-order valence-corrected chi connectivity index (χ3v) is 3.39. The molecule has 0 spiro atoms. The molecule has 3 nitrogen and oxygen atoms in total. The van der Waals surface area contributed by atoms with Crippen LogP contribution in [0.3, 0.4) is 0 Å². The summed E-state index contributed by atoms with van der Waals surface area (Å²) in [4.78, 5) is 13.1. The molecule has 0 atom stereocenters. The van der Waals surface area contributed by atoms with Crippen molar-refractivity contribution >= 4 is 17.1 Å². The molecule has 0 fully saturated rings. The number of anilines is 2. The van der Waals surface area contributed by atoms with Gasteiger partial charge in [-0.25, -0.2) is 0 Å². The van der Waals surface area contributed by atoms with E-state index in [9.17, 15) is 4.91 Å². The Balaban J connectivity index is 2.48. The summed E-state index contributed by atoms with van der Waals surface area (Å²) in [7, 11) is 0. The van der Waals surface area contributed by atoms with Gasteiger partial charge in [0.1, 0.15) is 5.69 Å². The van der Waals surface area contributed by atoms with Gasteiger partial charge in [0.25, 0.3) is 0 Å². The lowest BCUT2D eigenvalue weighted by Gasteiger charge is -2.25. The fourth-order valence-corrected chi connectivity index (χ4v) is 2.47. The highest BCUT2D eigenvalue weighted by molar-refractivity contribution is 5.69. The zero-order chi connectivity index (χ0) is 14.5. The summed E-state index contributed by atoms with van der Waals surface area (Å²) >= 11 is 0. The maximum Gasteiger partial charge on any atom is 0.113 e. The van der Waals surface area contributed by atoms with Crippen LogP contribution in [0.25, 0.3) is 0 Å². The molecule has 2 rings (SSSR count). The van der Waals surface area contributed by atoms with E-state index in [-0.39, 0.29) is 0 Å². The maximum absolute atomic E-state index is 10.9. The van der Waals surface area contributed by atoms with Crippen molar-refractivity contribution in [3.05, 3.63) is 58.5 Å². The summed E-state index contributed by atoms with van der Waals surface area (Å²) in [5.74, 6) is 0. The van der Waals surface area contributed by atoms with Gasteiger partial charge in [0.15, 0.2) is 0 Å². The van der Waals surface area contributed by atoms with Crippen LogP contribution >= 0.6 is 0 Å². The van der Waals surface area contributed by atoms with Crippen molar-refractivity contribution < 1.29 is 0 Å². The Morgan fingerprint density at radius 3 is 2.10 bits per heavy atom. The molecule has 104 valence electrons. The monoisotopic (exact) mass is 268 g/mol. The highest BCUT2D eigenvalue weighted by Gasteiger charge is 2.12. The quantitative estimate of drug-likeness (QED) is 0.694. The van der Waals surface area contributed by atoms with E-state index in [1.54, 1.807) is 0 Å². The van der Waals surface area contributed by atoms with Gasteiger partial charge < -0.3 is 4.90 Å². The summed E-state index contributed by atoms with van der Waals surface area (Å²) in [6.07, 6.45) is 1.06. The number of aryl methyl sites for hydroxylation is 2. The minimum absolute atomic E-state index is 0.554. The highest BCUT2D eigenvalue weighted by Crippen LogP contribution is 2.32. The van der Waals surface area contributed by atoms with Crippen LogP contribution in [0, 0.1) is 18.8 Å². The van der Waals surface area contributed by atoms with Gasteiger partial charge in [-0.05, 0) is 60.8 Å². The van der Waals surface area contributed by atoms with Crippen molar-refractivity contribution in [2.75, 3.05) is 11.4 Å². The maximum atomic E-state index is 10.9. The molecule has 0 aliphatic carbocycles. The lowest BCUT2D eigenvalue weighted by molar-refractivity contribution is 0.884. The number of benzene rings is 2. The number of para-hydroxylation sites is 1. The fraction of sp³-hybridized carbons (Fsp3) is 0.294. The summed E-state index contributed by atoms with van der Waals surface area (Å²) in [5, 5.41) is 3.12. The van der Waals surface area contributed by atoms with Gasteiger partial charge in [-0.2, -0.15) is 0 Å². The first-order chi connectivity index (χ1) is 9.67. The van der Waals surface area contributed by atoms with Gasteiger partial charge in [0.05, 0.1) is 0 Å². The van der Waals surface area contributed by atoms with Crippen LogP contribution in [0.4, 0.5) is 17.1 Å². The van der Waals surface area contributed by atoms with Crippen molar-refractivity contribution in [2.24, 2.45) is 5.18 Å². The van der Waals surface area contributed by atoms with E-state index >= 15 is 0 Å². The number of rotatable bonds is 5. The smallest absolute Gasteiger partial charge is 0.113 e. The number of nitrogens with zero attached hydrogens (tertiary/aromatic N) is 2. The van der Waals surface area contributed by atoms with Crippen molar-refractivity contribution in [3.63, 3.8) is 0 Å². The van der Waals surface area contributed by atoms with E-state index in [2.05, 4.69) is 29.1 Å². The minimum Gasteiger partial charge on any atom is -0.341 e. The molecule has 20 heavy (non-hydrogen) atoms. The second-order valence-electron chi connectivity index (χ2n) is 5.01. The molecule has 0 saturated carbocycles. The van der Waals surface area contributed by atoms with Gasteiger partial charge in [0, 0.05) is 17.9 Å². The molecule has 0 bridgehead atoms. The highest BCUT2D eigenvalue weighted by atomic mass is 16.3. The summed E-state index contributed by atoms with van der Waals surface area (Å²) in [6.45, 7) is 6.97. The molecular formula is C17H20N2O. The Morgan fingerprint density at radius 1 is 1.00 bits per heavy atom. The standard InChI is InChI=1S/C17H20N2O/c1-4-10-19(15-8-6-5-7-9-15)16-11-13(2)17(18-20)14(3)12-16/h5-9,11-12H,4,10H2,1-3H3. The SMILES string of the molecule is CCCN(c1ccccc1)c1cc(C)c(N=O)c(C)c1. The van der Waals surface area contributed by atoms with Crippen LogP contribution in [-0.4, -0.2) is 6.54 Å². The zero-order valence-corrected chi connectivity index (χ0v) is 12.3. The third kappa shape index (κ3) is 2.87. The number of hydrogen-bond donors (Lipinski definition) is 0. The molecular weight excluding hydrogens is 248 g/mol. The van der Waals surface area contributed by atoms with E-state index in [1.165, 1.54) is 5.69 Å². The summed E-state index contributed by atoms with van der Waals surface area (Å²) in [5.41, 5.74) is 4.68. The first-order valence-corrected chi connectivity index (χ1v) is 6.94. The molecule has 2 aromatic carbocycles. The Labute approximate surface area is 120 Å². The second-order valence-corrected chi connectivity index (χ2v) is 5.01. The van der Waals surface area contributed by atoms with Gasteiger partial charge in [0.2, 0.25) is 0 Å². The van der Waals surface area contributed by atoms with Gasteiger partial charge >= 0.3 is 0 Å². The molecule has 0 aromatic heterocycles. The Hall–Kier alpha value is -2.16. The molecule has 0 N–H and O–H groups in total. The molecule has 0 unspecified atom stereocenters. The number of hydrogen-bond acceptors (Lipinski definition) is 3. The van der Waals surface area contributed by atoms with Crippen molar-refractivity contribution in [1.82, 2.24) is 0 Å². The van der Waals surface area contributed by atoms with Crippen molar-refractivity contribution in [2.45, 2.75) is 27.2 Å². The molecule has 0 heterocycles. The molecule has 0 aliphatic heterocycles. The van der Waals surface area contributed by atoms with Crippen molar-refractivity contribution in [1.29, 1.82) is 0 Å². The van der Waals surface area contributed by atoms with Crippen LogP contribution < -0.4 is 4.90 Å². The third-order valence-electron chi connectivity index (χ3n) is 3.39. The predicted octanol–water partition coefficient (Wildman–Crippen LogP) is 5.25. The van der Waals surface area contributed by atoms with Crippen LogP contribution in [-0.2, 0) is 0 Å². The Morgan fingerprint density at radius 2 is 1.60 bits per heavy atom. The lowest BCUT2D eigenvalue weighted by atomic mass is 10.1. The molecule has 0 saturated heterocycles.